The molecule has 0 radical (unpaired) electrons. The van der Waals surface area contributed by atoms with Crippen LogP contribution in [0.2, 0.25) is 0 Å². The highest BCUT2D eigenvalue weighted by molar-refractivity contribution is 7.91. The topological polar surface area (TPSA) is 104 Å². The first-order valence-electron chi connectivity index (χ1n) is 4.83. The minimum atomic E-state index is -3.35. The first-order valence-corrected chi connectivity index (χ1v) is 6.65. The van der Waals surface area contributed by atoms with Crippen LogP contribution in [0.5, 0.6) is 0 Å². The number of aliphatic hydroxyl groups is 1. The molecular formula is C9H13NO5S. The van der Waals surface area contributed by atoms with Crippen molar-refractivity contribution in [2.24, 2.45) is 5.41 Å². The molecule has 1 aliphatic rings. The Kier molecular flexibility index (Phi) is 3.55. The molecule has 0 saturated carbocycles. The summed E-state index contributed by atoms with van der Waals surface area (Å²) in [6.45, 7) is 1.64. The fourth-order valence-corrected chi connectivity index (χ4v) is 3.66. The lowest BCUT2D eigenvalue weighted by atomic mass is 9.83. The number of aliphatic hydroxyl groups excluding tert-OH is 1. The van der Waals surface area contributed by atoms with Crippen molar-refractivity contribution in [1.82, 2.24) is 0 Å². The Balaban J connectivity index is 2.92. The van der Waals surface area contributed by atoms with Crippen LogP contribution in [-0.4, -0.2) is 43.7 Å². The Morgan fingerprint density at radius 1 is 1.69 bits per heavy atom. The summed E-state index contributed by atoms with van der Waals surface area (Å²) < 4.78 is 27.1. The monoisotopic (exact) mass is 247 g/mol. The van der Waals surface area contributed by atoms with Gasteiger partial charge in [-0.05, 0) is 13.3 Å². The van der Waals surface area contributed by atoms with Gasteiger partial charge in [-0.15, -0.1) is 0 Å². The Morgan fingerprint density at radius 2 is 2.31 bits per heavy atom. The van der Waals surface area contributed by atoms with Crippen molar-refractivity contribution in [1.29, 1.82) is 5.26 Å². The van der Waals surface area contributed by atoms with E-state index in [0.29, 0.717) is 0 Å². The van der Waals surface area contributed by atoms with E-state index in [1.807, 2.05) is 0 Å². The number of hydrogen-bond acceptors (Lipinski definition) is 6. The van der Waals surface area contributed by atoms with E-state index in [0.717, 1.165) is 0 Å². The number of nitriles is 1. The lowest BCUT2D eigenvalue weighted by Crippen LogP contribution is -2.42. The van der Waals surface area contributed by atoms with E-state index in [-0.39, 0.29) is 18.8 Å². The molecule has 0 amide bonds. The highest BCUT2D eigenvalue weighted by atomic mass is 32.2. The van der Waals surface area contributed by atoms with Gasteiger partial charge in [0.2, 0.25) is 0 Å². The zero-order chi connectivity index (χ0) is 12.4. The minimum absolute atomic E-state index is 0.0359. The number of hydrogen-bond donors (Lipinski definition) is 1. The van der Waals surface area contributed by atoms with Gasteiger partial charge in [-0.25, -0.2) is 13.2 Å². The normalized spacial score (nSPS) is 29.3. The standard InChI is InChI=1S/C9H13NO5S/c1-2-15-8(12)7(11)9(5-10)3-4-16(13,14)6-9/h7,11H,2-4,6H2,1H3. The molecule has 1 rings (SSSR count). The summed E-state index contributed by atoms with van der Waals surface area (Å²) in [7, 11) is -3.35. The third-order valence-corrected chi connectivity index (χ3v) is 4.37. The predicted molar refractivity (Wildman–Crippen MR) is 54.0 cm³/mol. The zero-order valence-corrected chi connectivity index (χ0v) is 9.66. The van der Waals surface area contributed by atoms with Gasteiger partial charge in [0.1, 0.15) is 5.41 Å². The lowest BCUT2D eigenvalue weighted by molar-refractivity contribution is -0.157. The summed E-state index contributed by atoms with van der Waals surface area (Å²) in [6.07, 6.45) is -1.74. The van der Waals surface area contributed by atoms with E-state index in [9.17, 15) is 18.3 Å². The van der Waals surface area contributed by atoms with Gasteiger partial charge >= 0.3 is 5.97 Å². The van der Waals surface area contributed by atoms with Crippen LogP contribution in [0.1, 0.15) is 13.3 Å². The van der Waals surface area contributed by atoms with Gasteiger partial charge in [-0.2, -0.15) is 5.26 Å². The third-order valence-electron chi connectivity index (χ3n) is 2.59. The smallest absolute Gasteiger partial charge is 0.336 e. The molecular weight excluding hydrogens is 234 g/mol. The molecule has 0 aromatic rings. The molecule has 1 saturated heterocycles. The van der Waals surface area contributed by atoms with Crippen LogP contribution in [0.15, 0.2) is 0 Å². The molecule has 0 aliphatic carbocycles. The first kappa shape index (κ1) is 12.9. The quantitative estimate of drug-likeness (QED) is 0.657. The van der Waals surface area contributed by atoms with E-state index in [4.69, 9.17) is 5.26 Å². The number of esters is 1. The number of carbonyl (C=O) groups excluding carboxylic acids is 1. The molecule has 0 spiro atoms. The van der Waals surface area contributed by atoms with E-state index < -0.39 is 33.1 Å². The van der Waals surface area contributed by atoms with Crippen LogP contribution in [-0.2, 0) is 19.4 Å². The molecule has 90 valence electrons. The van der Waals surface area contributed by atoms with Crippen LogP contribution in [0.25, 0.3) is 0 Å². The van der Waals surface area contributed by atoms with Crippen molar-refractivity contribution in [2.75, 3.05) is 18.1 Å². The molecule has 1 fully saturated rings. The second-order valence-corrected chi connectivity index (χ2v) is 5.95. The van der Waals surface area contributed by atoms with Crippen LogP contribution < -0.4 is 0 Å². The highest BCUT2D eigenvalue weighted by Crippen LogP contribution is 2.35. The summed E-state index contributed by atoms with van der Waals surface area (Å²) in [4.78, 5) is 11.3. The summed E-state index contributed by atoms with van der Waals surface area (Å²) in [5, 5.41) is 18.6. The summed E-state index contributed by atoms with van der Waals surface area (Å²) in [5.41, 5.74) is -1.55. The van der Waals surface area contributed by atoms with E-state index in [1.54, 1.807) is 13.0 Å². The zero-order valence-electron chi connectivity index (χ0n) is 8.84. The molecule has 2 atom stereocenters. The average Bonchev–Trinajstić information content (AvgIpc) is 2.55. The molecule has 1 N–H and O–H groups in total. The molecule has 7 heteroatoms. The van der Waals surface area contributed by atoms with Crippen molar-refractivity contribution in [3.63, 3.8) is 0 Å². The van der Waals surface area contributed by atoms with Crippen molar-refractivity contribution in [3.05, 3.63) is 0 Å². The maximum absolute atomic E-state index is 11.3. The van der Waals surface area contributed by atoms with Gasteiger partial charge in [0.25, 0.3) is 0 Å². The summed E-state index contributed by atoms with van der Waals surface area (Å²) in [5.74, 6) is -1.62. The molecule has 16 heavy (non-hydrogen) atoms. The number of sulfone groups is 1. The van der Waals surface area contributed by atoms with Crippen LogP contribution in [0, 0.1) is 16.7 Å². The minimum Gasteiger partial charge on any atom is -0.464 e. The second kappa shape index (κ2) is 4.39. The lowest BCUT2D eigenvalue weighted by Gasteiger charge is -2.23. The Hall–Kier alpha value is -1.13. The van der Waals surface area contributed by atoms with Gasteiger partial charge in [-0.3, -0.25) is 0 Å². The average molecular weight is 247 g/mol. The Bertz CT molecular complexity index is 424. The SMILES string of the molecule is CCOC(=O)C(O)C1(C#N)CCS(=O)(=O)C1. The molecule has 1 heterocycles. The summed E-state index contributed by atoms with van der Waals surface area (Å²) in [6, 6.07) is 1.74. The number of ether oxygens (including phenoxy) is 1. The number of carbonyl (C=O) groups is 1. The van der Waals surface area contributed by atoms with Gasteiger partial charge in [-0.1, -0.05) is 0 Å². The van der Waals surface area contributed by atoms with Crippen LogP contribution >= 0.6 is 0 Å². The van der Waals surface area contributed by atoms with Gasteiger partial charge in [0, 0.05) is 0 Å². The fraction of sp³-hybridized carbons (Fsp3) is 0.778. The van der Waals surface area contributed by atoms with E-state index >= 15 is 0 Å². The van der Waals surface area contributed by atoms with Gasteiger partial charge in [0.05, 0.1) is 24.2 Å². The number of rotatable bonds is 3. The molecule has 0 aromatic heterocycles. The first-order chi connectivity index (χ1) is 7.37. The van der Waals surface area contributed by atoms with Crippen molar-refractivity contribution < 1.29 is 23.1 Å². The van der Waals surface area contributed by atoms with Gasteiger partial charge in [0.15, 0.2) is 15.9 Å². The highest BCUT2D eigenvalue weighted by Gasteiger charge is 2.51. The van der Waals surface area contributed by atoms with Crippen molar-refractivity contribution in [3.8, 4) is 6.07 Å². The van der Waals surface area contributed by atoms with E-state index in [2.05, 4.69) is 4.74 Å². The van der Waals surface area contributed by atoms with Crippen molar-refractivity contribution in [2.45, 2.75) is 19.4 Å². The Morgan fingerprint density at radius 3 is 2.69 bits per heavy atom. The van der Waals surface area contributed by atoms with Crippen LogP contribution in [0.4, 0.5) is 0 Å². The van der Waals surface area contributed by atoms with Crippen molar-refractivity contribution >= 4 is 15.8 Å². The molecule has 1 aliphatic heterocycles. The molecule has 6 nitrogen and oxygen atoms in total. The summed E-state index contributed by atoms with van der Waals surface area (Å²) >= 11 is 0. The molecule has 2 unspecified atom stereocenters. The largest absolute Gasteiger partial charge is 0.464 e. The number of nitrogens with zero attached hydrogens (tertiary/aromatic N) is 1. The molecule has 0 aromatic carbocycles. The van der Waals surface area contributed by atoms with E-state index in [1.165, 1.54) is 0 Å². The van der Waals surface area contributed by atoms with Gasteiger partial charge < -0.3 is 9.84 Å². The molecule has 0 bridgehead atoms. The maximum Gasteiger partial charge on any atom is 0.336 e. The van der Waals surface area contributed by atoms with Crippen LogP contribution in [0.3, 0.4) is 0 Å². The fourth-order valence-electron chi connectivity index (χ4n) is 1.69. The predicted octanol–water partition coefficient (Wildman–Crippen LogP) is -0.761. The third kappa shape index (κ3) is 2.33. The Labute approximate surface area is 93.7 Å². The second-order valence-electron chi connectivity index (χ2n) is 3.76. The maximum atomic E-state index is 11.3.